The van der Waals surface area contributed by atoms with E-state index in [1.54, 1.807) is 73.1 Å². The van der Waals surface area contributed by atoms with Crippen molar-refractivity contribution in [1.82, 2.24) is 4.98 Å². The van der Waals surface area contributed by atoms with Crippen molar-refractivity contribution >= 4 is 23.2 Å². The molecule has 2 aromatic carbocycles. The van der Waals surface area contributed by atoms with Crippen LogP contribution in [0, 0.1) is 5.92 Å². The van der Waals surface area contributed by atoms with E-state index in [9.17, 15) is 9.59 Å². The molecule has 0 bridgehead atoms. The Morgan fingerprint density at radius 2 is 1.55 bits per heavy atom. The van der Waals surface area contributed by atoms with Crippen molar-refractivity contribution in [1.29, 1.82) is 0 Å². The van der Waals surface area contributed by atoms with Gasteiger partial charge < -0.3 is 15.4 Å². The normalized spacial score (nSPS) is 12.8. The number of hydrogen-bond donors (Lipinski definition) is 2. The first kappa shape index (κ1) is 18.7. The third-order valence-corrected chi connectivity index (χ3v) is 4.62. The molecular formula is C23H21N3O3. The van der Waals surface area contributed by atoms with Crippen LogP contribution in [-0.4, -0.2) is 23.4 Å². The summed E-state index contributed by atoms with van der Waals surface area (Å²) >= 11 is 0. The summed E-state index contributed by atoms with van der Waals surface area (Å²) in [6, 6.07) is 17.3. The summed E-state index contributed by atoms with van der Waals surface area (Å²) in [5, 5.41) is 5.62. The molecule has 146 valence electrons. The van der Waals surface area contributed by atoms with Crippen molar-refractivity contribution in [3.8, 4) is 5.75 Å². The highest BCUT2D eigenvalue weighted by Gasteiger charge is 2.21. The van der Waals surface area contributed by atoms with Crippen LogP contribution >= 0.6 is 0 Å². The molecular weight excluding hydrogens is 366 g/mol. The molecule has 3 aromatic rings. The molecule has 0 aliphatic heterocycles. The van der Waals surface area contributed by atoms with Gasteiger partial charge in [0.25, 0.3) is 11.8 Å². The van der Waals surface area contributed by atoms with Gasteiger partial charge in [-0.3, -0.25) is 14.6 Å². The zero-order chi connectivity index (χ0) is 20.1. The molecule has 0 saturated heterocycles. The second-order valence-corrected chi connectivity index (χ2v) is 7.00. The van der Waals surface area contributed by atoms with Gasteiger partial charge in [0, 0.05) is 34.9 Å². The van der Waals surface area contributed by atoms with E-state index in [0.29, 0.717) is 28.4 Å². The van der Waals surface area contributed by atoms with E-state index in [-0.39, 0.29) is 11.8 Å². The van der Waals surface area contributed by atoms with E-state index in [2.05, 4.69) is 15.6 Å². The minimum Gasteiger partial charge on any atom is -0.493 e. The quantitative estimate of drug-likeness (QED) is 0.631. The molecule has 29 heavy (non-hydrogen) atoms. The number of hydrogen-bond acceptors (Lipinski definition) is 4. The lowest BCUT2D eigenvalue weighted by molar-refractivity contribution is 0.101. The molecule has 0 unspecified atom stereocenters. The predicted octanol–water partition coefficient (Wildman–Crippen LogP) is 4.38. The summed E-state index contributed by atoms with van der Waals surface area (Å²) in [6.07, 6.45) is 5.68. The number of carbonyl (C=O) groups is 2. The van der Waals surface area contributed by atoms with Gasteiger partial charge in [-0.25, -0.2) is 0 Å². The number of aromatic nitrogens is 1. The Kier molecular flexibility index (Phi) is 5.52. The van der Waals surface area contributed by atoms with Crippen LogP contribution in [0.3, 0.4) is 0 Å². The molecule has 2 amide bonds. The highest BCUT2D eigenvalue weighted by Crippen LogP contribution is 2.29. The number of nitrogens with zero attached hydrogens (tertiary/aromatic N) is 1. The van der Waals surface area contributed by atoms with Gasteiger partial charge in [0.05, 0.1) is 6.61 Å². The lowest BCUT2D eigenvalue weighted by atomic mass is 10.1. The maximum absolute atomic E-state index is 12.5. The molecule has 1 heterocycles. The fourth-order valence-electron chi connectivity index (χ4n) is 2.78. The molecule has 1 aromatic heterocycles. The smallest absolute Gasteiger partial charge is 0.255 e. The number of nitrogens with one attached hydrogen (secondary N) is 2. The van der Waals surface area contributed by atoms with Gasteiger partial charge in [0.2, 0.25) is 0 Å². The van der Waals surface area contributed by atoms with Crippen LogP contribution in [0.4, 0.5) is 11.4 Å². The van der Waals surface area contributed by atoms with Crippen LogP contribution in [-0.2, 0) is 0 Å². The van der Waals surface area contributed by atoms with Crippen molar-refractivity contribution in [3.63, 3.8) is 0 Å². The van der Waals surface area contributed by atoms with Gasteiger partial charge in [-0.05, 0) is 73.4 Å². The van der Waals surface area contributed by atoms with E-state index in [4.69, 9.17) is 4.74 Å². The van der Waals surface area contributed by atoms with Crippen LogP contribution in [0.2, 0.25) is 0 Å². The minimum absolute atomic E-state index is 0.245. The first-order valence-electron chi connectivity index (χ1n) is 9.53. The minimum atomic E-state index is -0.260. The summed E-state index contributed by atoms with van der Waals surface area (Å²) in [5.74, 6) is 0.944. The van der Waals surface area contributed by atoms with Gasteiger partial charge in [0.15, 0.2) is 0 Å². The Morgan fingerprint density at radius 3 is 2.28 bits per heavy atom. The van der Waals surface area contributed by atoms with Crippen molar-refractivity contribution in [3.05, 3.63) is 84.2 Å². The molecule has 0 atom stereocenters. The Morgan fingerprint density at radius 1 is 0.862 bits per heavy atom. The van der Waals surface area contributed by atoms with Crippen LogP contribution in [0.25, 0.3) is 0 Å². The molecule has 1 aliphatic rings. The molecule has 4 rings (SSSR count). The summed E-state index contributed by atoms with van der Waals surface area (Å²) in [4.78, 5) is 28.8. The van der Waals surface area contributed by atoms with Crippen LogP contribution in [0.15, 0.2) is 73.1 Å². The second-order valence-electron chi connectivity index (χ2n) is 7.00. The molecule has 6 heteroatoms. The molecule has 2 N–H and O–H groups in total. The monoisotopic (exact) mass is 387 g/mol. The number of pyridine rings is 1. The third kappa shape index (κ3) is 5.19. The summed E-state index contributed by atoms with van der Waals surface area (Å²) < 4.78 is 5.69. The summed E-state index contributed by atoms with van der Waals surface area (Å²) in [7, 11) is 0. The van der Waals surface area contributed by atoms with Gasteiger partial charge in [0.1, 0.15) is 5.75 Å². The highest BCUT2D eigenvalue weighted by atomic mass is 16.5. The van der Waals surface area contributed by atoms with Gasteiger partial charge in [-0.15, -0.1) is 0 Å². The maximum atomic E-state index is 12.5. The number of amides is 2. The lowest BCUT2D eigenvalue weighted by Crippen LogP contribution is -2.14. The van der Waals surface area contributed by atoms with Crippen LogP contribution < -0.4 is 15.4 Å². The molecule has 1 aliphatic carbocycles. The molecule has 6 nitrogen and oxygen atoms in total. The lowest BCUT2D eigenvalue weighted by Gasteiger charge is -2.09. The molecule has 1 saturated carbocycles. The van der Waals surface area contributed by atoms with E-state index in [1.807, 2.05) is 0 Å². The van der Waals surface area contributed by atoms with Crippen molar-refractivity contribution in [2.75, 3.05) is 17.2 Å². The molecule has 0 radical (unpaired) electrons. The molecule has 1 fully saturated rings. The second kappa shape index (κ2) is 8.56. The van der Waals surface area contributed by atoms with Gasteiger partial charge in [-0.2, -0.15) is 0 Å². The van der Waals surface area contributed by atoms with Gasteiger partial charge in [-0.1, -0.05) is 6.07 Å². The average molecular weight is 387 g/mol. The average Bonchev–Trinajstić information content (AvgIpc) is 3.58. The van der Waals surface area contributed by atoms with E-state index in [0.717, 1.165) is 12.4 Å². The summed E-state index contributed by atoms with van der Waals surface area (Å²) in [5.41, 5.74) is 2.17. The largest absolute Gasteiger partial charge is 0.493 e. The van der Waals surface area contributed by atoms with Crippen molar-refractivity contribution < 1.29 is 14.3 Å². The third-order valence-electron chi connectivity index (χ3n) is 4.62. The fourth-order valence-corrected chi connectivity index (χ4v) is 2.78. The molecule has 0 spiro atoms. The van der Waals surface area contributed by atoms with E-state index >= 15 is 0 Å². The number of ether oxygens (including phenoxy) is 1. The Hall–Kier alpha value is -3.67. The Bertz CT molecular complexity index is 999. The first-order chi connectivity index (χ1) is 14.2. The highest BCUT2D eigenvalue weighted by molar-refractivity contribution is 6.07. The standard InChI is InChI=1S/C23H21N3O3/c27-22(17-6-8-21(9-7-17)29-15-16-4-5-16)26-20-3-1-2-18(14-20)23(28)25-19-10-12-24-13-11-19/h1-3,6-14,16H,4-5,15H2,(H,26,27)(H,24,25,28). The van der Waals surface area contributed by atoms with Crippen molar-refractivity contribution in [2.45, 2.75) is 12.8 Å². The zero-order valence-electron chi connectivity index (χ0n) is 15.8. The summed E-state index contributed by atoms with van der Waals surface area (Å²) in [6.45, 7) is 0.736. The Balaban J connectivity index is 1.37. The fraction of sp³-hybridized carbons (Fsp3) is 0.174. The van der Waals surface area contributed by atoms with Gasteiger partial charge >= 0.3 is 0 Å². The number of anilines is 2. The topological polar surface area (TPSA) is 80.3 Å². The zero-order valence-corrected chi connectivity index (χ0v) is 15.8. The number of rotatable bonds is 7. The first-order valence-corrected chi connectivity index (χ1v) is 9.53. The maximum Gasteiger partial charge on any atom is 0.255 e. The SMILES string of the molecule is O=C(Nc1cccc(C(=O)Nc2ccncc2)c1)c1ccc(OCC2CC2)cc1. The number of carbonyl (C=O) groups excluding carboxylic acids is 2. The predicted molar refractivity (Wildman–Crippen MR) is 111 cm³/mol. The number of benzene rings is 2. The Labute approximate surface area is 168 Å². The van der Waals surface area contributed by atoms with Crippen LogP contribution in [0.1, 0.15) is 33.6 Å². The van der Waals surface area contributed by atoms with E-state index < -0.39 is 0 Å². The van der Waals surface area contributed by atoms with E-state index in [1.165, 1.54) is 12.8 Å². The van der Waals surface area contributed by atoms with Crippen molar-refractivity contribution in [2.24, 2.45) is 5.92 Å². The van der Waals surface area contributed by atoms with Crippen LogP contribution in [0.5, 0.6) is 5.75 Å².